The Morgan fingerprint density at radius 3 is 2.36 bits per heavy atom. The van der Waals surface area contributed by atoms with Crippen LogP contribution in [0.2, 0.25) is 0 Å². The summed E-state index contributed by atoms with van der Waals surface area (Å²) in [4.78, 5) is 11.9. The summed E-state index contributed by atoms with van der Waals surface area (Å²) in [6.07, 6.45) is 0. The number of non-ortho nitro benzene ring substituents is 1. The number of hydrogen-bond acceptors (Lipinski definition) is 4. The van der Waals surface area contributed by atoms with Crippen LogP contribution in [0, 0.1) is 10.1 Å². The van der Waals surface area contributed by atoms with E-state index in [0.717, 1.165) is 44.0 Å². The third-order valence-corrected chi connectivity index (χ3v) is 4.53. The number of rotatable bonds is 5. The zero-order chi connectivity index (χ0) is 17.6. The van der Waals surface area contributed by atoms with E-state index in [4.69, 9.17) is 0 Å². The minimum absolute atomic E-state index is 0.106. The average Bonchev–Trinajstić information content (AvgIpc) is 2.64. The van der Waals surface area contributed by atoms with Gasteiger partial charge in [0.15, 0.2) is 0 Å². The lowest BCUT2D eigenvalue weighted by Gasteiger charge is -2.30. The Hall–Kier alpha value is -2.73. The quantitative estimate of drug-likeness (QED) is 0.512. The van der Waals surface area contributed by atoms with Crippen molar-refractivity contribution in [2.45, 2.75) is 13.5 Å². The largest absolute Gasteiger partial charge is 0.328 e. The van der Waals surface area contributed by atoms with Crippen molar-refractivity contribution in [1.29, 1.82) is 0 Å². The summed E-state index contributed by atoms with van der Waals surface area (Å²) in [6.45, 7) is 6.97. The van der Waals surface area contributed by atoms with Gasteiger partial charge in [-0.3, -0.25) is 15.1 Å². The monoisotopic (exact) mass is 339 g/mol. The van der Waals surface area contributed by atoms with Crippen molar-refractivity contribution in [3.63, 3.8) is 0 Å². The topological polar surface area (TPSA) is 63.2 Å². The molecule has 6 nitrogen and oxygen atoms in total. The fourth-order valence-corrected chi connectivity index (χ4v) is 3.07. The minimum Gasteiger partial charge on any atom is -0.328 e. The predicted octanol–water partition coefficient (Wildman–Crippen LogP) is 1.72. The smallest absolute Gasteiger partial charge is 0.269 e. The summed E-state index contributed by atoms with van der Waals surface area (Å²) in [5.74, 6) is 0. The molecule has 0 unspecified atom stereocenters. The highest BCUT2D eigenvalue weighted by Gasteiger charge is 2.19. The molecule has 1 aliphatic heterocycles. The van der Waals surface area contributed by atoms with Gasteiger partial charge in [0, 0.05) is 17.7 Å². The molecule has 1 heterocycles. The molecule has 0 amide bonds. The maximum absolute atomic E-state index is 10.7. The number of hydrogen-bond donors (Lipinski definition) is 1. The second-order valence-electron chi connectivity index (χ2n) is 6.36. The molecule has 1 saturated heterocycles. The molecule has 1 aliphatic rings. The highest BCUT2D eigenvalue weighted by molar-refractivity contribution is 5.98. The maximum atomic E-state index is 10.7. The predicted molar refractivity (Wildman–Crippen MR) is 97.7 cm³/mol. The van der Waals surface area contributed by atoms with E-state index >= 15 is 0 Å². The molecular weight excluding hydrogens is 316 g/mol. The number of nitrogens with zero attached hydrogens (tertiary/aromatic N) is 3. The van der Waals surface area contributed by atoms with Gasteiger partial charge in [-0.2, -0.15) is 5.10 Å². The van der Waals surface area contributed by atoms with Crippen LogP contribution in [0.5, 0.6) is 0 Å². The molecule has 25 heavy (non-hydrogen) atoms. The van der Waals surface area contributed by atoms with E-state index in [-0.39, 0.29) is 10.6 Å². The van der Waals surface area contributed by atoms with Gasteiger partial charge >= 0.3 is 0 Å². The first-order valence-electron chi connectivity index (χ1n) is 8.54. The average molecular weight is 339 g/mol. The third-order valence-electron chi connectivity index (χ3n) is 4.53. The van der Waals surface area contributed by atoms with Gasteiger partial charge in [-0.05, 0) is 24.6 Å². The molecule has 130 valence electrons. The molecular formula is C19H23N4O2+. The summed E-state index contributed by atoms with van der Waals surface area (Å²) in [5.41, 5.74) is 3.29. The molecule has 3 rings (SSSR count). The SMILES string of the molecule is C/C(=N\N1CC[NH+](Cc2ccccc2)CC1)c1ccc([N+](=O)[O-])cc1. The van der Waals surface area contributed by atoms with E-state index in [0.29, 0.717) is 0 Å². The zero-order valence-electron chi connectivity index (χ0n) is 14.4. The first-order valence-corrected chi connectivity index (χ1v) is 8.54. The van der Waals surface area contributed by atoms with Crippen molar-refractivity contribution < 1.29 is 9.82 Å². The van der Waals surface area contributed by atoms with Crippen molar-refractivity contribution in [3.8, 4) is 0 Å². The molecule has 0 spiro atoms. The molecule has 0 saturated carbocycles. The second kappa shape index (κ2) is 7.90. The van der Waals surface area contributed by atoms with Gasteiger partial charge in [0.2, 0.25) is 0 Å². The van der Waals surface area contributed by atoms with Gasteiger partial charge in [-0.15, -0.1) is 0 Å². The van der Waals surface area contributed by atoms with Crippen LogP contribution in [0.25, 0.3) is 0 Å². The van der Waals surface area contributed by atoms with Crippen molar-refractivity contribution in [3.05, 3.63) is 75.8 Å². The molecule has 6 heteroatoms. The van der Waals surface area contributed by atoms with Crippen molar-refractivity contribution in [2.75, 3.05) is 26.2 Å². The van der Waals surface area contributed by atoms with Gasteiger partial charge in [0.1, 0.15) is 6.54 Å². The molecule has 2 aromatic carbocycles. The maximum Gasteiger partial charge on any atom is 0.269 e. The number of quaternary nitrogens is 1. The third kappa shape index (κ3) is 4.64. The zero-order valence-corrected chi connectivity index (χ0v) is 14.4. The van der Waals surface area contributed by atoms with Crippen molar-refractivity contribution in [1.82, 2.24) is 5.01 Å². The summed E-state index contributed by atoms with van der Waals surface area (Å²) in [5, 5.41) is 17.5. The molecule has 0 atom stereocenters. The Kier molecular flexibility index (Phi) is 5.40. The first-order chi connectivity index (χ1) is 12.1. The van der Waals surface area contributed by atoms with Gasteiger partial charge in [0.05, 0.1) is 36.8 Å². The Morgan fingerprint density at radius 1 is 1.12 bits per heavy atom. The molecule has 0 bridgehead atoms. The summed E-state index contributed by atoms with van der Waals surface area (Å²) in [6, 6.07) is 17.1. The number of benzene rings is 2. The van der Waals surface area contributed by atoms with E-state index in [1.165, 1.54) is 17.7 Å². The van der Waals surface area contributed by atoms with Gasteiger partial charge in [-0.1, -0.05) is 30.3 Å². The Labute approximate surface area is 147 Å². The van der Waals surface area contributed by atoms with Gasteiger partial charge in [-0.25, -0.2) is 0 Å². The lowest BCUT2D eigenvalue weighted by atomic mass is 10.1. The van der Waals surface area contributed by atoms with Crippen LogP contribution in [0.1, 0.15) is 18.1 Å². The Morgan fingerprint density at radius 2 is 1.76 bits per heavy atom. The molecule has 1 N–H and O–H groups in total. The van der Waals surface area contributed by atoms with Crippen LogP contribution in [0.3, 0.4) is 0 Å². The minimum atomic E-state index is -0.384. The summed E-state index contributed by atoms with van der Waals surface area (Å²) < 4.78 is 0. The van der Waals surface area contributed by atoms with Crippen molar-refractivity contribution >= 4 is 11.4 Å². The van der Waals surface area contributed by atoms with Crippen LogP contribution in [-0.4, -0.2) is 41.8 Å². The van der Waals surface area contributed by atoms with E-state index < -0.39 is 0 Å². The lowest BCUT2D eigenvalue weighted by molar-refractivity contribution is -0.918. The van der Waals surface area contributed by atoms with E-state index in [9.17, 15) is 10.1 Å². The van der Waals surface area contributed by atoms with E-state index in [1.807, 2.05) is 13.0 Å². The second-order valence-corrected chi connectivity index (χ2v) is 6.36. The first kappa shape index (κ1) is 17.1. The standard InChI is InChI=1S/C19H22N4O2/c1-16(18-7-9-19(10-8-18)23(24)25)20-22-13-11-21(12-14-22)15-17-5-3-2-4-6-17/h2-10H,11-15H2,1H3/p+1/b20-16+. The number of piperazine rings is 1. The van der Waals surface area contributed by atoms with Gasteiger partial charge in [0.25, 0.3) is 5.69 Å². The highest BCUT2D eigenvalue weighted by atomic mass is 16.6. The van der Waals surface area contributed by atoms with Gasteiger partial charge < -0.3 is 4.90 Å². The molecule has 0 aromatic heterocycles. The number of nitro groups is 1. The van der Waals surface area contributed by atoms with Crippen LogP contribution in [0.15, 0.2) is 59.7 Å². The molecule has 0 radical (unpaired) electrons. The fourth-order valence-electron chi connectivity index (χ4n) is 3.07. The number of nitro benzene ring substituents is 1. The molecule has 2 aromatic rings. The van der Waals surface area contributed by atoms with E-state index in [2.05, 4.69) is 34.4 Å². The number of hydrazone groups is 1. The number of nitrogens with one attached hydrogen (secondary N) is 1. The highest BCUT2D eigenvalue weighted by Crippen LogP contribution is 2.13. The van der Waals surface area contributed by atoms with Crippen LogP contribution >= 0.6 is 0 Å². The Balaban J connectivity index is 1.55. The van der Waals surface area contributed by atoms with Crippen LogP contribution < -0.4 is 4.90 Å². The van der Waals surface area contributed by atoms with Crippen molar-refractivity contribution in [2.24, 2.45) is 5.10 Å². The Bertz CT molecular complexity index is 736. The molecule has 0 aliphatic carbocycles. The van der Waals surface area contributed by atoms with Crippen LogP contribution in [0.4, 0.5) is 5.69 Å². The lowest BCUT2D eigenvalue weighted by Crippen LogP contribution is -3.13. The molecule has 1 fully saturated rings. The van der Waals surface area contributed by atoms with E-state index in [1.54, 1.807) is 17.0 Å². The normalized spacial score (nSPS) is 16.0. The fraction of sp³-hybridized carbons (Fsp3) is 0.316. The summed E-state index contributed by atoms with van der Waals surface area (Å²) in [7, 11) is 0. The van der Waals surface area contributed by atoms with Crippen LogP contribution in [-0.2, 0) is 6.54 Å². The summed E-state index contributed by atoms with van der Waals surface area (Å²) >= 11 is 0.